The fraction of sp³-hybridized carbons (Fsp3) is 0.333. The quantitative estimate of drug-likeness (QED) is 0.833. The molecule has 0 aliphatic carbocycles. The number of amides is 1. The van der Waals surface area contributed by atoms with Crippen molar-refractivity contribution in [3.8, 4) is 0 Å². The molecule has 0 aliphatic rings. The van der Waals surface area contributed by atoms with Gasteiger partial charge in [0.25, 0.3) is 5.91 Å². The minimum atomic E-state index is -0.197. The highest BCUT2D eigenvalue weighted by atomic mass is 16.5. The molecule has 0 saturated heterocycles. The normalized spacial score (nSPS) is 10.6. The van der Waals surface area contributed by atoms with Crippen LogP contribution in [0.15, 0.2) is 40.9 Å². The number of furan rings is 1. The highest BCUT2D eigenvalue weighted by Crippen LogP contribution is 2.12. The monoisotopic (exact) mass is 289 g/mol. The van der Waals surface area contributed by atoms with Crippen LogP contribution in [-0.4, -0.2) is 36.1 Å². The predicted octanol–water partition coefficient (Wildman–Crippen LogP) is 1.42. The van der Waals surface area contributed by atoms with Crippen molar-refractivity contribution in [2.24, 2.45) is 5.73 Å². The fourth-order valence-electron chi connectivity index (χ4n) is 1.90. The zero-order valence-electron chi connectivity index (χ0n) is 12.0. The van der Waals surface area contributed by atoms with E-state index in [1.54, 1.807) is 30.3 Å². The van der Waals surface area contributed by atoms with Crippen molar-refractivity contribution in [2.45, 2.75) is 13.1 Å². The van der Waals surface area contributed by atoms with Gasteiger partial charge in [-0.05, 0) is 24.3 Å². The molecule has 0 bridgehead atoms. The largest absolute Gasteiger partial charge is 0.455 e. The van der Waals surface area contributed by atoms with Gasteiger partial charge >= 0.3 is 0 Å². The Morgan fingerprint density at radius 1 is 1.38 bits per heavy atom. The molecule has 2 aromatic heterocycles. The number of rotatable bonds is 7. The standard InChI is InChI=1S/C15H19N3O3/c1-20-9-8-18(11-12-4-2-3-7-17-12)15(19)14-6-5-13(10-16)21-14/h2-7H,8-11,16H2,1H3. The van der Waals surface area contributed by atoms with Gasteiger partial charge in [-0.15, -0.1) is 0 Å². The van der Waals surface area contributed by atoms with Gasteiger partial charge < -0.3 is 19.8 Å². The van der Waals surface area contributed by atoms with Crippen molar-refractivity contribution in [2.75, 3.05) is 20.3 Å². The molecule has 0 fully saturated rings. The van der Waals surface area contributed by atoms with Crippen molar-refractivity contribution in [3.63, 3.8) is 0 Å². The summed E-state index contributed by atoms with van der Waals surface area (Å²) < 4.78 is 10.5. The lowest BCUT2D eigenvalue weighted by atomic mass is 10.3. The van der Waals surface area contributed by atoms with E-state index in [1.807, 2.05) is 18.2 Å². The van der Waals surface area contributed by atoms with Crippen LogP contribution in [-0.2, 0) is 17.8 Å². The lowest BCUT2D eigenvalue weighted by molar-refractivity contribution is 0.0645. The highest BCUT2D eigenvalue weighted by molar-refractivity contribution is 5.91. The number of nitrogens with two attached hydrogens (primary N) is 1. The molecule has 0 aromatic carbocycles. The number of aromatic nitrogens is 1. The second-order valence-electron chi connectivity index (χ2n) is 4.51. The Kier molecular flexibility index (Phi) is 5.48. The summed E-state index contributed by atoms with van der Waals surface area (Å²) >= 11 is 0. The van der Waals surface area contributed by atoms with Crippen molar-refractivity contribution in [3.05, 3.63) is 53.7 Å². The molecule has 0 atom stereocenters. The third-order valence-electron chi connectivity index (χ3n) is 3.01. The minimum absolute atomic E-state index is 0.197. The van der Waals surface area contributed by atoms with Gasteiger partial charge in [0.05, 0.1) is 25.4 Å². The fourth-order valence-corrected chi connectivity index (χ4v) is 1.90. The zero-order valence-corrected chi connectivity index (χ0v) is 12.0. The lowest BCUT2D eigenvalue weighted by Crippen LogP contribution is -2.33. The average Bonchev–Trinajstić information content (AvgIpc) is 3.00. The van der Waals surface area contributed by atoms with Crippen molar-refractivity contribution in [1.29, 1.82) is 0 Å². The summed E-state index contributed by atoms with van der Waals surface area (Å²) in [5, 5.41) is 0. The van der Waals surface area contributed by atoms with E-state index in [1.165, 1.54) is 0 Å². The number of pyridine rings is 1. The Hall–Kier alpha value is -2.18. The molecule has 6 nitrogen and oxygen atoms in total. The van der Waals surface area contributed by atoms with Crippen molar-refractivity contribution in [1.82, 2.24) is 9.88 Å². The van der Waals surface area contributed by atoms with Crippen LogP contribution in [0.4, 0.5) is 0 Å². The van der Waals surface area contributed by atoms with E-state index in [-0.39, 0.29) is 18.2 Å². The van der Waals surface area contributed by atoms with Gasteiger partial charge in [-0.3, -0.25) is 9.78 Å². The van der Waals surface area contributed by atoms with Gasteiger partial charge in [-0.2, -0.15) is 0 Å². The molecule has 2 rings (SSSR count). The molecule has 2 heterocycles. The topological polar surface area (TPSA) is 81.6 Å². The summed E-state index contributed by atoms with van der Waals surface area (Å²) in [4.78, 5) is 18.4. The van der Waals surface area contributed by atoms with Crippen molar-refractivity contribution >= 4 is 5.91 Å². The van der Waals surface area contributed by atoms with Gasteiger partial charge in [0.15, 0.2) is 5.76 Å². The maximum atomic E-state index is 12.5. The second kappa shape index (κ2) is 7.56. The maximum Gasteiger partial charge on any atom is 0.289 e. The molecule has 2 N–H and O–H groups in total. The Balaban J connectivity index is 2.12. The third-order valence-corrected chi connectivity index (χ3v) is 3.01. The molecule has 0 aliphatic heterocycles. The van der Waals surface area contributed by atoms with Gasteiger partial charge in [-0.1, -0.05) is 6.07 Å². The highest BCUT2D eigenvalue weighted by Gasteiger charge is 2.19. The average molecular weight is 289 g/mol. The van der Waals surface area contributed by atoms with E-state index in [2.05, 4.69) is 4.98 Å². The molecule has 1 amide bonds. The number of carbonyl (C=O) groups is 1. The molecule has 21 heavy (non-hydrogen) atoms. The molecular weight excluding hydrogens is 270 g/mol. The van der Waals surface area contributed by atoms with Crippen molar-refractivity contribution < 1.29 is 13.9 Å². The summed E-state index contributed by atoms with van der Waals surface area (Å²) in [5.41, 5.74) is 6.31. The number of hydrogen-bond acceptors (Lipinski definition) is 5. The first-order chi connectivity index (χ1) is 10.2. The number of hydrogen-bond donors (Lipinski definition) is 1. The van der Waals surface area contributed by atoms with E-state index in [0.717, 1.165) is 5.69 Å². The second-order valence-corrected chi connectivity index (χ2v) is 4.51. The summed E-state index contributed by atoms with van der Waals surface area (Å²) in [7, 11) is 1.60. The molecule has 6 heteroatoms. The number of ether oxygens (including phenoxy) is 1. The van der Waals surface area contributed by atoms with E-state index >= 15 is 0 Å². The molecule has 0 saturated carbocycles. The van der Waals surface area contributed by atoms with Crippen LogP contribution in [0, 0.1) is 0 Å². The third kappa shape index (κ3) is 4.14. The van der Waals surface area contributed by atoms with Crippen LogP contribution >= 0.6 is 0 Å². The van der Waals surface area contributed by atoms with Crippen LogP contribution in [0.2, 0.25) is 0 Å². The van der Waals surface area contributed by atoms with Gasteiger partial charge in [0.1, 0.15) is 5.76 Å². The number of methoxy groups -OCH3 is 1. The zero-order chi connectivity index (χ0) is 15.1. The molecular formula is C15H19N3O3. The summed E-state index contributed by atoms with van der Waals surface area (Å²) in [6.07, 6.45) is 1.70. The smallest absolute Gasteiger partial charge is 0.289 e. The van der Waals surface area contributed by atoms with Crippen LogP contribution in [0.5, 0.6) is 0 Å². The summed E-state index contributed by atoms with van der Waals surface area (Å²) in [6.45, 7) is 1.58. The SMILES string of the molecule is COCCN(Cc1ccccn1)C(=O)c1ccc(CN)o1. The van der Waals surface area contributed by atoms with Gasteiger partial charge in [-0.25, -0.2) is 0 Å². The maximum absolute atomic E-state index is 12.5. The molecule has 0 spiro atoms. The molecule has 0 unspecified atom stereocenters. The number of nitrogens with zero attached hydrogens (tertiary/aromatic N) is 2. The minimum Gasteiger partial charge on any atom is -0.455 e. The first-order valence-electron chi connectivity index (χ1n) is 6.71. The Morgan fingerprint density at radius 3 is 2.86 bits per heavy atom. The first-order valence-corrected chi connectivity index (χ1v) is 6.71. The Morgan fingerprint density at radius 2 is 2.24 bits per heavy atom. The van der Waals surface area contributed by atoms with Crippen LogP contribution in [0.25, 0.3) is 0 Å². The van der Waals surface area contributed by atoms with E-state index in [0.29, 0.717) is 25.5 Å². The first kappa shape index (κ1) is 15.2. The van der Waals surface area contributed by atoms with E-state index in [9.17, 15) is 4.79 Å². The van der Waals surface area contributed by atoms with Gasteiger partial charge in [0.2, 0.25) is 0 Å². The number of carbonyl (C=O) groups excluding carboxylic acids is 1. The predicted molar refractivity (Wildman–Crippen MR) is 77.5 cm³/mol. The molecule has 2 aromatic rings. The molecule has 112 valence electrons. The van der Waals surface area contributed by atoms with Gasteiger partial charge in [0, 0.05) is 19.9 Å². The van der Waals surface area contributed by atoms with Crippen LogP contribution < -0.4 is 5.73 Å². The summed E-state index contributed by atoms with van der Waals surface area (Å²) in [6, 6.07) is 8.96. The van der Waals surface area contributed by atoms with E-state index in [4.69, 9.17) is 14.9 Å². The molecule has 0 radical (unpaired) electrons. The van der Waals surface area contributed by atoms with Crippen LogP contribution in [0.3, 0.4) is 0 Å². The lowest BCUT2D eigenvalue weighted by Gasteiger charge is -2.20. The summed E-state index contributed by atoms with van der Waals surface area (Å²) in [5.74, 6) is 0.669. The van der Waals surface area contributed by atoms with Crippen LogP contribution in [0.1, 0.15) is 22.0 Å². The Labute approximate surface area is 123 Å². The Bertz CT molecular complexity index is 569. The van der Waals surface area contributed by atoms with E-state index < -0.39 is 0 Å².